The third-order valence-corrected chi connectivity index (χ3v) is 2.92. The summed E-state index contributed by atoms with van der Waals surface area (Å²) < 4.78 is 0. The maximum atomic E-state index is 11.3. The lowest BCUT2D eigenvalue weighted by Crippen LogP contribution is -2.30. The molecule has 2 rings (SSSR count). The summed E-state index contributed by atoms with van der Waals surface area (Å²) in [7, 11) is 2.12. The Hall–Kier alpha value is -1.39. The number of nitrogen functional groups attached to an aromatic ring is 1. The van der Waals surface area contributed by atoms with E-state index in [1.54, 1.807) is 6.07 Å². The van der Waals surface area contributed by atoms with Crippen LogP contribution in [-0.4, -0.2) is 23.9 Å². The zero-order chi connectivity index (χ0) is 11.5. The predicted molar refractivity (Wildman–Crippen MR) is 62.6 cm³/mol. The highest BCUT2D eigenvalue weighted by Crippen LogP contribution is 2.26. The molecule has 1 aromatic carbocycles. The molecule has 0 saturated heterocycles. The van der Waals surface area contributed by atoms with Crippen molar-refractivity contribution in [3.05, 3.63) is 35.4 Å². The van der Waals surface area contributed by atoms with Crippen molar-refractivity contribution < 1.29 is 4.79 Å². The number of hydrazine groups is 1. The summed E-state index contributed by atoms with van der Waals surface area (Å²) in [6.45, 7) is 0.885. The second-order valence-electron chi connectivity index (χ2n) is 4.32. The molecule has 86 valence electrons. The average molecular weight is 219 g/mol. The van der Waals surface area contributed by atoms with Gasteiger partial charge >= 0.3 is 0 Å². The molecule has 0 aromatic heterocycles. The molecule has 4 heteroatoms. The summed E-state index contributed by atoms with van der Waals surface area (Å²) in [5.74, 6) is 4.86. The number of amides is 1. The number of nitrogens with two attached hydrogens (primary N) is 1. The number of rotatable bonds is 4. The van der Waals surface area contributed by atoms with E-state index < -0.39 is 0 Å². The number of hydrogen-bond donors (Lipinski definition) is 2. The molecule has 1 saturated carbocycles. The first-order chi connectivity index (χ1) is 7.70. The van der Waals surface area contributed by atoms with E-state index in [-0.39, 0.29) is 5.91 Å². The normalized spacial score (nSPS) is 15.2. The van der Waals surface area contributed by atoms with Crippen molar-refractivity contribution in [2.75, 3.05) is 7.05 Å². The molecule has 0 heterocycles. The van der Waals surface area contributed by atoms with Gasteiger partial charge in [-0.2, -0.15) is 0 Å². The van der Waals surface area contributed by atoms with Crippen molar-refractivity contribution in [2.45, 2.75) is 25.4 Å². The molecule has 1 amide bonds. The number of carbonyl (C=O) groups is 1. The van der Waals surface area contributed by atoms with Gasteiger partial charge in [-0.05, 0) is 37.6 Å². The van der Waals surface area contributed by atoms with Crippen LogP contribution in [0.5, 0.6) is 0 Å². The van der Waals surface area contributed by atoms with Crippen molar-refractivity contribution in [2.24, 2.45) is 5.84 Å². The lowest BCUT2D eigenvalue weighted by atomic mass is 10.1. The Bertz CT molecular complexity index is 388. The van der Waals surface area contributed by atoms with Gasteiger partial charge in [-0.15, -0.1) is 0 Å². The zero-order valence-corrected chi connectivity index (χ0v) is 9.44. The number of carbonyl (C=O) groups excluding carboxylic acids is 1. The standard InChI is InChI=1S/C12H17N3O/c1-15(11-5-6-11)8-9-3-2-4-10(7-9)12(16)14-13/h2-4,7,11H,5-6,8,13H2,1H3,(H,14,16). The molecule has 0 bridgehead atoms. The molecule has 1 fully saturated rings. The third kappa shape index (κ3) is 2.59. The van der Waals surface area contributed by atoms with E-state index in [0.717, 1.165) is 18.2 Å². The summed E-state index contributed by atoms with van der Waals surface area (Å²) in [4.78, 5) is 13.7. The Kier molecular flexibility index (Phi) is 3.22. The maximum Gasteiger partial charge on any atom is 0.265 e. The van der Waals surface area contributed by atoms with E-state index in [1.165, 1.54) is 12.8 Å². The van der Waals surface area contributed by atoms with Crippen molar-refractivity contribution in [3.8, 4) is 0 Å². The van der Waals surface area contributed by atoms with Gasteiger partial charge in [0.25, 0.3) is 5.91 Å². The van der Waals surface area contributed by atoms with E-state index in [0.29, 0.717) is 5.56 Å². The van der Waals surface area contributed by atoms with Gasteiger partial charge in [-0.3, -0.25) is 15.1 Å². The molecule has 0 atom stereocenters. The van der Waals surface area contributed by atoms with Gasteiger partial charge in [0, 0.05) is 18.2 Å². The Morgan fingerprint density at radius 1 is 1.56 bits per heavy atom. The van der Waals surface area contributed by atoms with Crippen molar-refractivity contribution in [1.29, 1.82) is 0 Å². The lowest BCUT2D eigenvalue weighted by Gasteiger charge is -2.15. The van der Waals surface area contributed by atoms with Crippen molar-refractivity contribution in [3.63, 3.8) is 0 Å². The van der Waals surface area contributed by atoms with Crippen LogP contribution in [-0.2, 0) is 6.54 Å². The fraction of sp³-hybridized carbons (Fsp3) is 0.417. The summed E-state index contributed by atoms with van der Waals surface area (Å²) >= 11 is 0. The van der Waals surface area contributed by atoms with Crippen LogP contribution in [0.3, 0.4) is 0 Å². The Morgan fingerprint density at radius 3 is 2.94 bits per heavy atom. The fourth-order valence-electron chi connectivity index (χ4n) is 1.83. The second-order valence-corrected chi connectivity index (χ2v) is 4.32. The Balaban J connectivity index is 2.06. The molecule has 1 aliphatic carbocycles. The number of benzene rings is 1. The van der Waals surface area contributed by atoms with Gasteiger partial charge < -0.3 is 0 Å². The highest BCUT2D eigenvalue weighted by atomic mass is 16.2. The van der Waals surface area contributed by atoms with Crippen LogP contribution in [0.15, 0.2) is 24.3 Å². The average Bonchev–Trinajstić information content (AvgIpc) is 3.12. The molecule has 3 N–H and O–H groups in total. The van der Waals surface area contributed by atoms with Crippen LogP contribution < -0.4 is 11.3 Å². The van der Waals surface area contributed by atoms with Crippen LogP contribution in [0.4, 0.5) is 0 Å². The van der Waals surface area contributed by atoms with E-state index in [9.17, 15) is 4.79 Å². The first-order valence-corrected chi connectivity index (χ1v) is 5.51. The topological polar surface area (TPSA) is 58.4 Å². The van der Waals surface area contributed by atoms with Crippen molar-refractivity contribution in [1.82, 2.24) is 10.3 Å². The quantitative estimate of drug-likeness (QED) is 0.449. The maximum absolute atomic E-state index is 11.3. The molecular weight excluding hydrogens is 202 g/mol. The highest BCUT2D eigenvalue weighted by molar-refractivity contribution is 5.93. The lowest BCUT2D eigenvalue weighted by molar-refractivity contribution is 0.0953. The number of hydrogen-bond acceptors (Lipinski definition) is 3. The third-order valence-electron chi connectivity index (χ3n) is 2.92. The summed E-state index contributed by atoms with van der Waals surface area (Å²) in [6, 6.07) is 8.31. The Morgan fingerprint density at radius 2 is 2.31 bits per heavy atom. The minimum atomic E-state index is -0.240. The summed E-state index contributed by atoms with van der Waals surface area (Å²) in [6.07, 6.45) is 2.58. The van der Waals surface area contributed by atoms with Crippen molar-refractivity contribution >= 4 is 5.91 Å². The molecule has 0 unspecified atom stereocenters. The molecule has 0 radical (unpaired) electrons. The first kappa shape index (κ1) is 11.1. The molecule has 4 nitrogen and oxygen atoms in total. The summed E-state index contributed by atoms with van der Waals surface area (Å²) in [5.41, 5.74) is 3.91. The van der Waals surface area contributed by atoms with Crippen LogP contribution in [0.1, 0.15) is 28.8 Å². The van der Waals surface area contributed by atoms with E-state index >= 15 is 0 Å². The monoisotopic (exact) mass is 219 g/mol. The number of nitrogens with one attached hydrogen (secondary N) is 1. The predicted octanol–water partition coefficient (Wildman–Crippen LogP) is 0.884. The molecule has 16 heavy (non-hydrogen) atoms. The van der Waals surface area contributed by atoms with Gasteiger partial charge in [0.05, 0.1) is 0 Å². The largest absolute Gasteiger partial charge is 0.299 e. The first-order valence-electron chi connectivity index (χ1n) is 5.51. The molecule has 1 aromatic rings. The molecular formula is C12H17N3O. The van der Waals surface area contributed by atoms with Gasteiger partial charge in [0.2, 0.25) is 0 Å². The van der Waals surface area contributed by atoms with E-state index in [1.807, 2.05) is 18.2 Å². The van der Waals surface area contributed by atoms with Crippen LogP contribution in [0.2, 0.25) is 0 Å². The fourth-order valence-corrected chi connectivity index (χ4v) is 1.83. The second kappa shape index (κ2) is 4.63. The van der Waals surface area contributed by atoms with Gasteiger partial charge in [0.15, 0.2) is 0 Å². The number of nitrogens with zero attached hydrogens (tertiary/aromatic N) is 1. The van der Waals surface area contributed by atoms with Gasteiger partial charge in [-0.1, -0.05) is 12.1 Å². The zero-order valence-electron chi connectivity index (χ0n) is 9.44. The van der Waals surface area contributed by atoms with E-state index in [2.05, 4.69) is 17.4 Å². The molecule has 1 aliphatic rings. The SMILES string of the molecule is CN(Cc1cccc(C(=O)NN)c1)C1CC1. The Labute approximate surface area is 95.4 Å². The smallest absolute Gasteiger partial charge is 0.265 e. The van der Waals surface area contributed by atoms with E-state index in [4.69, 9.17) is 5.84 Å². The minimum Gasteiger partial charge on any atom is -0.299 e. The highest BCUT2D eigenvalue weighted by Gasteiger charge is 2.25. The van der Waals surface area contributed by atoms with Crippen LogP contribution in [0.25, 0.3) is 0 Å². The van der Waals surface area contributed by atoms with Crippen LogP contribution in [0, 0.1) is 0 Å². The summed E-state index contributed by atoms with van der Waals surface area (Å²) in [5, 5.41) is 0. The minimum absolute atomic E-state index is 0.240. The molecule has 0 aliphatic heterocycles. The van der Waals surface area contributed by atoms with Crippen LogP contribution >= 0.6 is 0 Å². The molecule has 0 spiro atoms. The van der Waals surface area contributed by atoms with Gasteiger partial charge in [-0.25, -0.2) is 5.84 Å². The van der Waals surface area contributed by atoms with Gasteiger partial charge in [0.1, 0.15) is 0 Å².